The molecule has 1 aromatic carbocycles. The SMILES string of the molecule is O=Cc1ccccc1-c1ccc(Oc2cncc(Cl)c2)nc1. The molecule has 0 aliphatic heterocycles. The molecule has 0 amide bonds. The first kappa shape index (κ1) is 14.2. The second kappa shape index (κ2) is 6.37. The summed E-state index contributed by atoms with van der Waals surface area (Å²) in [6.45, 7) is 0. The van der Waals surface area contributed by atoms with Crippen LogP contribution in [-0.2, 0) is 0 Å². The largest absolute Gasteiger partial charge is 0.437 e. The zero-order valence-corrected chi connectivity index (χ0v) is 12.2. The second-order valence-corrected chi connectivity index (χ2v) is 4.97. The summed E-state index contributed by atoms with van der Waals surface area (Å²) in [5, 5.41) is 0.494. The number of hydrogen-bond acceptors (Lipinski definition) is 4. The van der Waals surface area contributed by atoms with Gasteiger partial charge in [0.25, 0.3) is 0 Å². The van der Waals surface area contributed by atoms with Crippen LogP contribution >= 0.6 is 11.6 Å². The summed E-state index contributed by atoms with van der Waals surface area (Å²) in [5.41, 5.74) is 2.30. The van der Waals surface area contributed by atoms with Crippen LogP contribution in [0.3, 0.4) is 0 Å². The molecule has 0 N–H and O–H groups in total. The van der Waals surface area contributed by atoms with Crippen molar-refractivity contribution in [1.82, 2.24) is 9.97 Å². The number of aldehydes is 1. The third-order valence-corrected chi connectivity index (χ3v) is 3.24. The van der Waals surface area contributed by atoms with Crippen LogP contribution in [0, 0.1) is 0 Å². The Morgan fingerprint density at radius 1 is 1.05 bits per heavy atom. The number of rotatable bonds is 4. The van der Waals surface area contributed by atoms with E-state index in [0.717, 1.165) is 17.4 Å². The quantitative estimate of drug-likeness (QED) is 0.670. The van der Waals surface area contributed by atoms with Crippen LogP contribution in [0.25, 0.3) is 11.1 Å². The van der Waals surface area contributed by atoms with Crippen molar-refractivity contribution in [2.45, 2.75) is 0 Å². The lowest BCUT2D eigenvalue weighted by Gasteiger charge is -2.07. The molecule has 3 aromatic rings. The topological polar surface area (TPSA) is 52.1 Å². The van der Waals surface area contributed by atoms with E-state index in [1.54, 1.807) is 30.6 Å². The van der Waals surface area contributed by atoms with Crippen molar-refractivity contribution in [1.29, 1.82) is 0 Å². The van der Waals surface area contributed by atoms with E-state index in [-0.39, 0.29) is 0 Å². The lowest BCUT2D eigenvalue weighted by atomic mass is 10.0. The van der Waals surface area contributed by atoms with Gasteiger partial charge in [0, 0.05) is 35.7 Å². The Hall–Kier alpha value is -2.72. The molecular weight excluding hydrogens is 300 g/mol. The first-order chi connectivity index (χ1) is 10.8. The van der Waals surface area contributed by atoms with Crippen LogP contribution in [0.15, 0.2) is 61.1 Å². The van der Waals surface area contributed by atoms with E-state index in [4.69, 9.17) is 16.3 Å². The molecule has 3 rings (SSSR count). The Morgan fingerprint density at radius 2 is 1.91 bits per heavy atom. The highest BCUT2D eigenvalue weighted by molar-refractivity contribution is 6.30. The maximum Gasteiger partial charge on any atom is 0.219 e. The fourth-order valence-corrected chi connectivity index (χ4v) is 2.20. The van der Waals surface area contributed by atoms with Gasteiger partial charge in [0.15, 0.2) is 6.29 Å². The minimum Gasteiger partial charge on any atom is -0.437 e. The van der Waals surface area contributed by atoms with Gasteiger partial charge in [-0.3, -0.25) is 9.78 Å². The van der Waals surface area contributed by atoms with Crippen molar-refractivity contribution >= 4 is 17.9 Å². The van der Waals surface area contributed by atoms with Gasteiger partial charge in [-0.05, 0) is 11.6 Å². The number of aromatic nitrogens is 2. The van der Waals surface area contributed by atoms with E-state index in [2.05, 4.69) is 9.97 Å². The van der Waals surface area contributed by atoms with Gasteiger partial charge in [-0.25, -0.2) is 4.98 Å². The normalized spacial score (nSPS) is 10.2. The minimum atomic E-state index is 0.427. The summed E-state index contributed by atoms with van der Waals surface area (Å²) in [7, 11) is 0. The van der Waals surface area contributed by atoms with Crippen molar-refractivity contribution in [3.63, 3.8) is 0 Å². The zero-order chi connectivity index (χ0) is 15.4. The molecule has 4 nitrogen and oxygen atoms in total. The summed E-state index contributed by atoms with van der Waals surface area (Å²) in [6, 6.07) is 12.6. The fourth-order valence-electron chi connectivity index (χ4n) is 2.03. The molecule has 0 fully saturated rings. The number of carbonyl (C=O) groups excluding carboxylic acids is 1. The number of hydrogen-bond donors (Lipinski definition) is 0. The number of nitrogens with zero attached hydrogens (tertiary/aromatic N) is 2. The van der Waals surface area contributed by atoms with E-state index < -0.39 is 0 Å². The molecule has 0 aliphatic rings. The highest BCUT2D eigenvalue weighted by atomic mass is 35.5. The molecular formula is C17H11ClN2O2. The van der Waals surface area contributed by atoms with Gasteiger partial charge in [-0.2, -0.15) is 0 Å². The van der Waals surface area contributed by atoms with Gasteiger partial charge >= 0.3 is 0 Å². The highest BCUT2D eigenvalue weighted by Gasteiger charge is 2.05. The Labute approximate surface area is 132 Å². The van der Waals surface area contributed by atoms with Gasteiger partial charge < -0.3 is 4.74 Å². The number of pyridine rings is 2. The maximum atomic E-state index is 11.1. The predicted octanol–water partition coefficient (Wildman–Crippen LogP) is 4.40. The van der Waals surface area contributed by atoms with Crippen molar-refractivity contribution in [3.8, 4) is 22.8 Å². The Morgan fingerprint density at radius 3 is 2.64 bits per heavy atom. The third-order valence-electron chi connectivity index (χ3n) is 3.04. The van der Waals surface area contributed by atoms with Crippen LogP contribution in [0.4, 0.5) is 0 Å². The van der Waals surface area contributed by atoms with Gasteiger partial charge in [0.1, 0.15) is 5.75 Å². The van der Waals surface area contributed by atoms with Gasteiger partial charge in [-0.1, -0.05) is 35.9 Å². The lowest BCUT2D eigenvalue weighted by Crippen LogP contribution is -1.91. The summed E-state index contributed by atoms with van der Waals surface area (Å²) in [4.78, 5) is 19.3. The average molecular weight is 311 g/mol. The third kappa shape index (κ3) is 3.13. The van der Waals surface area contributed by atoms with E-state index >= 15 is 0 Å². The summed E-state index contributed by atoms with van der Waals surface area (Å²) >= 11 is 5.85. The maximum absolute atomic E-state index is 11.1. The molecule has 5 heteroatoms. The monoisotopic (exact) mass is 310 g/mol. The summed E-state index contributed by atoms with van der Waals surface area (Å²) in [6.07, 6.45) is 5.58. The van der Waals surface area contributed by atoms with Crippen molar-refractivity contribution in [2.24, 2.45) is 0 Å². The van der Waals surface area contributed by atoms with Crippen molar-refractivity contribution < 1.29 is 9.53 Å². The molecule has 108 valence electrons. The van der Waals surface area contributed by atoms with E-state index in [1.807, 2.05) is 24.3 Å². The zero-order valence-electron chi connectivity index (χ0n) is 11.4. The van der Waals surface area contributed by atoms with Crippen LogP contribution in [0.5, 0.6) is 11.6 Å². The molecule has 0 saturated carbocycles. The summed E-state index contributed by atoms with van der Waals surface area (Å²) < 4.78 is 5.58. The highest BCUT2D eigenvalue weighted by Crippen LogP contribution is 2.25. The number of benzene rings is 1. The van der Waals surface area contributed by atoms with E-state index in [0.29, 0.717) is 22.2 Å². The Balaban J connectivity index is 1.85. The minimum absolute atomic E-state index is 0.427. The molecule has 0 unspecified atom stereocenters. The van der Waals surface area contributed by atoms with Gasteiger partial charge in [-0.15, -0.1) is 0 Å². The summed E-state index contributed by atoms with van der Waals surface area (Å²) in [5.74, 6) is 0.942. The van der Waals surface area contributed by atoms with Crippen LogP contribution in [-0.4, -0.2) is 16.3 Å². The standard InChI is InChI=1S/C17H11ClN2O2/c18-14-7-15(10-19-9-14)22-17-6-5-12(8-20-17)16-4-2-1-3-13(16)11-21/h1-11H. The van der Waals surface area contributed by atoms with Crippen LogP contribution in [0.1, 0.15) is 10.4 Å². The first-order valence-corrected chi connectivity index (χ1v) is 6.93. The Bertz CT molecular complexity index is 804. The molecule has 0 spiro atoms. The molecule has 2 aromatic heterocycles. The molecule has 0 radical (unpaired) electrons. The molecule has 0 atom stereocenters. The van der Waals surface area contributed by atoms with Crippen LogP contribution in [0.2, 0.25) is 5.02 Å². The number of ether oxygens (including phenoxy) is 1. The average Bonchev–Trinajstić information content (AvgIpc) is 2.56. The predicted molar refractivity (Wildman–Crippen MR) is 84.4 cm³/mol. The molecule has 0 saturated heterocycles. The number of halogens is 1. The lowest BCUT2D eigenvalue weighted by molar-refractivity contribution is 0.112. The molecule has 0 aliphatic carbocycles. The van der Waals surface area contributed by atoms with Crippen LogP contribution < -0.4 is 4.74 Å². The smallest absolute Gasteiger partial charge is 0.219 e. The first-order valence-electron chi connectivity index (χ1n) is 6.55. The van der Waals surface area contributed by atoms with Gasteiger partial charge in [0.2, 0.25) is 5.88 Å². The Kier molecular flexibility index (Phi) is 4.12. The van der Waals surface area contributed by atoms with Crippen molar-refractivity contribution in [2.75, 3.05) is 0 Å². The second-order valence-electron chi connectivity index (χ2n) is 4.53. The molecule has 0 bridgehead atoms. The van der Waals surface area contributed by atoms with Crippen molar-refractivity contribution in [3.05, 3.63) is 71.6 Å². The van der Waals surface area contributed by atoms with E-state index in [9.17, 15) is 4.79 Å². The van der Waals surface area contributed by atoms with E-state index in [1.165, 1.54) is 6.20 Å². The molecule has 22 heavy (non-hydrogen) atoms. The molecule has 2 heterocycles. The number of carbonyl (C=O) groups is 1. The van der Waals surface area contributed by atoms with Gasteiger partial charge in [0.05, 0.1) is 11.2 Å². The fraction of sp³-hybridized carbons (Fsp3) is 0.